The molecule has 1 N–H and O–H groups in total. The van der Waals surface area contributed by atoms with Crippen molar-refractivity contribution in [3.63, 3.8) is 0 Å². The van der Waals surface area contributed by atoms with E-state index in [1.807, 2.05) is 18.2 Å². The Morgan fingerprint density at radius 1 is 0.974 bits per heavy atom. The summed E-state index contributed by atoms with van der Waals surface area (Å²) in [7, 11) is 0. The number of fused-ring (bicyclic) bond motifs is 3. The van der Waals surface area contributed by atoms with Gasteiger partial charge in [-0.2, -0.15) is 0 Å². The summed E-state index contributed by atoms with van der Waals surface area (Å²) in [4.78, 5) is 11.1. The first-order chi connectivity index (χ1) is 18.4. The van der Waals surface area contributed by atoms with Gasteiger partial charge in [0.05, 0.1) is 19.6 Å². The summed E-state index contributed by atoms with van der Waals surface area (Å²) in [6, 6.07) is 18.6. The number of rotatable bonds is 9. The molecular weight excluding hydrogens is 476 g/mol. The van der Waals surface area contributed by atoms with Crippen LogP contribution in [0.1, 0.15) is 60.3 Å². The number of carboxylic acids is 1. The molecule has 4 atom stereocenters. The molecule has 3 aliphatic rings. The van der Waals surface area contributed by atoms with Gasteiger partial charge in [0.25, 0.3) is 0 Å². The Hall–Kier alpha value is -3.47. The summed E-state index contributed by atoms with van der Waals surface area (Å²) in [5.41, 5.74) is 6.89. The van der Waals surface area contributed by atoms with Crippen LogP contribution in [0.4, 0.5) is 0 Å². The van der Waals surface area contributed by atoms with Gasteiger partial charge in [-0.15, -0.1) is 0 Å². The number of benzene rings is 3. The molecule has 0 spiro atoms. The summed E-state index contributed by atoms with van der Waals surface area (Å²) in [5.74, 6) is 4.06. The van der Waals surface area contributed by atoms with Gasteiger partial charge in [0, 0.05) is 17.5 Å². The molecule has 4 unspecified atom stereocenters. The Balaban J connectivity index is 1.11. The summed E-state index contributed by atoms with van der Waals surface area (Å²) in [6.07, 6.45) is 5.66. The molecule has 2 bridgehead atoms. The summed E-state index contributed by atoms with van der Waals surface area (Å²) in [5, 5.41) is 9.11. The lowest BCUT2D eigenvalue weighted by Crippen LogP contribution is -2.18. The zero-order chi connectivity index (χ0) is 26.2. The summed E-state index contributed by atoms with van der Waals surface area (Å²) >= 11 is 0. The predicted molar refractivity (Wildman–Crippen MR) is 147 cm³/mol. The third kappa shape index (κ3) is 5.11. The molecule has 5 heteroatoms. The molecule has 6 rings (SSSR count). The fourth-order valence-corrected chi connectivity index (χ4v) is 6.96. The topological polar surface area (TPSA) is 65.0 Å². The molecule has 1 aliphatic heterocycles. The fraction of sp³-hybridized carbons (Fsp3) is 0.424. The highest BCUT2D eigenvalue weighted by molar-refractivity contribution is 5.72. The van der Waals surface area contributed by atoms with Crippen molar-refractivity contribution in [2.75, 3.05) is 13.2 Å². The molecule has 38 heavy (non-hydrogen) atoms. The molecule has 2 aliphatic carbocycles. The SMILES string of the molecule is Cc1cc(OCC2CC3CCC2C3)cc(C)c1-c1cccc(COc2ccc3c(c2)OCC3CC(=O)O)c1. The van der Waals surface area contributed by atoms with E-state index in [0.29, 0.717) is 13.2 Å². The molecule has 0 amide bonds. The predicted octanol–water partition coefficient (Wildman–Crippen LogP) is 7.32. The minimum absolute atomic E-state index is 0.0767. The van der Waals surface area contributed by atoms with Crippen LogP contribution in [-0.4, -0.2) is 24.3 Å². The number of ether oxygens (including phenoxy) is 3. The highest BCUT2D eigenvalue weighted by Crippen LogP contribution is 2.48. The van der Waals surface area contributed by atoms with Crippen molar-refractivity contribution in [1.29, 1.82) is 0 Å². The molecule has 2 fully saturated rings. The van der Waals surface area contributed by atoms with Crippen LogP contribution in [0, 0.1) is 31.6 Å². The molecule has 1 heterocycles. The number of aryl methyl sites for hydroxylation is 2. The zero-order valence-electron chi connectivity index (χ0n) is 22.2. The van der Waals surface area contributed by atoms with Gasteiger partial charge < -0.3 is 19.3 Å². The Morgan fingerprint density at radius 2 is 1.82 bits per heavy atom. The molecule has 3 aromatic rings. The Kier molecular flexibility index (Phi) is 6.77. The fourth-order valence-electron chi connectivity index (χ4n) is 6.96. The molecule has 0 radical (unpaired) electrons. The molecule has 2 saturated carbocycles. The van der Waals surface area contributed by atoms with Crippen LogP contribution >= 0.6 is 0 Å². The van der Waals surface area contributed by atoms with Crippen LogP contribution in [0.25, 0.3) is 11.1 Å². The monoisotopic (exact) mass is 512 g/mol. The lowest BCUT2D eigenvalue weighted by atomic mass is 9.89. The highest BCUT2D eigenvalue weighted by Gasteiger charge is 2.39. The van der Waals surface area contributed by atoms with Gasteiger partial charge in [-0.05, 0) is 103 Å². The number of carbonyl (C=O) groups is 1. The lowest BCUT2D eigenvalue weighted by molar-refractivity contribution is -0.137. The van der Waals surface area contributed by atoms with Crippen LogP contribution in [0.3, 0.4) is 0 Å². The second-order valence-corrected chi connectivity index (χ2v) is 11.5. The lowest BCUT2D eigenvalue weighted by Gasteiger charge is -2.22. The van der Waals surface area contributed by atoms with E-state index in [1.165, 1.54) is 47.9 Å². The highest BCUT2D eigenvalue weighted by atomic mass is 16.5. The van der Waals surface area contributed by atoms with Crippen LogP contribution in [0.5, 0.6) is 17.2 Å². The van der Waals surface area contributed by atoms with Gasteiger partial charge >= 0.3 is 5.97 Å². The van der Waals surface area contributed by atoms with E-state index < -0.39 is 5.97 Å². The maximum absolute atomic E-state index is 11.1. The van der Waals surface area contributed by atoms with Crippen molar-refractivity contribution >= 4 is 5.97 Å². The van der Waals surface area contributed by atoms with E-state index >= 15 is 0 Å². The number of hydrogen-bond acceptors (Lipinski definition) is 4. The van der Waals surface area contributed by atoms with Gasteiger partial charge in [-0.1, -0.05) is 30.7 Å². The summed E-state index contributed by atoms with van der Waals surface area (Å²) < 4.78 is 18.1. The average molecular weight is 513 g/mol. The quantitative estimate of drug-likeness (QED) is 0.326. The molecule has 3 aromatic carbocycles. The Morgan fingerprint density at radius 3 is 2.55 bits per heavy atom. The van der Waals surface area contributed by atoms with Crippen LogP contribution < -0.4 is 14.2 Å². The van der Waals surface area contributed by atoms with E-state index in [2.05, 4.69) is 50.2 Å². The molecule has 198 valence electrons. The van der Waals surface area contributed by atoms with Crippen molar-refractivity contribution in [1.82, 2.24) is 0 Å². The minimum atomic E-state index is -0.810. The van der Waals surface area contributed by atoms with Gasteiger partial charge in [-0.25, -0.2) is 0 Å². The zero-order valence-corrected chi connectivity index (χ0v) is 22.2. The largest absolute Gasteiger partial charge is 0.493 e. The third-order valence-corrected chi connectivity index (χ3v) is 8.76. The van der Waals surface area contributed by atoms with E-state index in [-0.39, 0.29) is 12.3 Å². The van der Waals surface area contributed by atoms with Gasteiger partial charge in [0.1, 0.15) is 23.9 Å². The van der Waals surface area contributed by atoms with Gasteiger partial charge in [0.2, 0.25) is 0 Å². The first-order valence-corrected chi connectivity index (χ1v) is 13.9. The third-order valence-electron chi connectivity index (χ3n) is 8.76. The van der Waals surface area contributed by atoms with Gasteiger partial charge in [0.15, 0.2) is 0 Å². The Labute approximate surface area is 224 Å². The second-order valence-electron chi connectivity index (χ2n) is 11.5. The first kappa shape index (κ1) is 24.8. The average Bonchev–Trinajstić information content (AvgIpc) is 3.62. The maximum atomic E-state index is 11.1. The molecule has 0 saturated heterocycles. The van der Waals surface area contributed by atoms with E-state index in [4.69, 9.17) is 19.3 Å². The second kappa shape index (κ2) is 10.4. The molecule has 5 nitrogen and oxygen atoms in total. The van der Waals surface area contributed by atoms with E-state index in [0.717, 1.165) is 52.7 Å². The normalized spacial score (nSPS) is 23.2. The maximum Gasteiger partial charge on any atom is 0.304 e. The standard InChI is InChI=1S/C33H36O5/c1-20-10-29(37-18-26-13-22-6-7-24(26)12-22)11-21(2)33(20)25-5-3-4-23(14-25)17-36-28-8-9-30-27(15-32(34)35)19-38-31(30)16-28/h3-5,8-11,14,16,22,24,26-27H,6-7,12-13,15,17-19H2,1-2H3,(H,34,35). The van der Waals surface area contributed by atoms with Crippen LogP contribution in [-0.2, 0) is 11.4 Å². The van der Waals surface area contributed by atoms with Crippen molar-refractivity contribution in [2.45, 2.75) is 58.5 Å². The van der Waals surface area contributed by atoms with Crippen molar-refractivity contribution < 1.29 is 24.1 Å². The van der Waals surface area contributed by atoms with Crippen molar-refractivity contribution in [2.24, 2.45) is 17.8 Å². The Bertz CT molecular complexity index is 1320. The number of aliphatic carboxylic acids is 1. The number of hydrogen-bond donors (Lipinski definition) is 1. The molecule has 0 aromatic heterocycles. The summed E-state index contributed by atoms with van der Waals surface area (Å²) in [6.45, 7) is 6.02. The van der Waals surface area contributed by atoms with Crippen molar-refractivity contribution in [3.05, 3.63) is 76.9 Å². The van der Waals surface area contributed by atoms with Crippen LogP contribution in [0.2, 0.25) is 0 Å². The minimum Gasteiger partial charge on any atom is -0.493 e. The van der Waals surface area contributed by atoms with E-state index in [9.17, 15) is 4.79 Å². The first-order valence-electron chi connectivity index (χ1n) is 13.9. The number of carboxylic acid groups (broad SMARTS) is 1. The van der Waals surface area contributed by atoms with Crippen molar-refractivity contribution in [3.8, 4) is 28.4 Å². The van der Waals surface area contributed by atoms with Gasteiger partial charge in [-0.3, -0.25) is 4.79 Å². The van der Waals surface area contributed by atoms with E-state index in [1.54, 1.807) is 0 Å². The van der Waals surface area contributed by atoms with Crippen LogP contribution in [0.15, 0.2) is 54.6 Å². The molecular formula is C33H36O5. The smallest absolute Gasteiger partial charge is 0.304 e.